The molecular formula is C11H16N4OS. The summed E-state index contributed by atoms with van der Waals surface area (Å²) in [4.78, 5) is 11.4. The molecule has 1 aromatic rings. The van der Waals surface area contributed by atoms with Crippen molar-refractivity contribution in [3.05, 3.63) is 31.1 Å². The van der Waals surface area contributed by atoms with Crippen molar-refractivity contribution in [3.8, 4) is 0 Å². The number of carbonyl (C=O) groups excluding carboxylic acids is 1. The van der Waals surface area contributed by atoms with Crippen molar-refractivity contribution >= 4 is 17.7 Å². The van der Waals surface area contributed by atoms with Gasteiger partial charge in [-0.15, -0.1) is 23.4 Å². The zero-order chi connectivity index (χ0) is 12.7. The van der Waals surface area contributed by atoms with Gasteiger partial charge in [-0.25, -0.2) is 0 Å². The smallest absolute Gasteiger partial charge is 0.230 e. The van der Waals surface area contributed by atoms with Crippen LogP contribution in [0.4, 0.5) is 0 Å². The lowest BCUT2D eigenvalue weighted by Gasteiger charge is -2.05. The quantitative estimate of drug-likeness (QED) is 0.584. The zero-order valence-electron chi connectivity index (χ0n) is 9.85. The van der Waals surface area contributed by atoms with E-state index in [1.54, 1.807) is 12.2 Å². The summed E-state index contributed by atoms with van der Waals surface area (Å²) in [6.07, 6.45) is 3.42. The molecule has 1 N–H and O–H groups in total. The first-order valence-electron chi connectivity index (χ1n) is 5.20. The minimum absolute atomic E-state index is 0.0410. The summed E-state index contributed by atoms with van der Waals surface area (Å²) in [5.41, 5.74) is 0. The number of nitrogens with zero attached hydrogens (tertiary/aromatic N) is 3. The van der Waals surface area contributed by atoms with Crippen molar-refractivity contribution in [1.82, 2.24) is 20.1 Å². The molecule has 0 fully saturated rings. The molecule has 92 valence electrons. The van der Waals surface area contributed by atoms with Crippen LogP contribution in [0.2, 0.25) is 0 Å². The normalized spacial score (nSPS) is 9.94. The SMILES string of the molecule is C=CCNC(=O)CSc1nnc(C)n1CC=C. The summed E-state index contributed by atoms with van der Waals surface area (Å²) in [6, 6.07) is 0. The van der Waals surface area contributed by atoms with E-state index in [0.717, 1.165) is 11.0 Å². The maximum atomic E-state index is 11.4. The average molecular weight is 252 g/mol. The second-order valence-electron chi connectivity index (χ2n) is 3.31. The fourth-order valence-corrected chi connectivity index (χ4v) is 2.00. The third-order valence-corrected chi connectivity index (χ3v) is 2.96. The Morgan fingerprint density at radius 2 is 2.24 bits per heavy atom. The molecule has 0 saturated carbocycles. The minimum Gasteiger partial charge on any atom is -0.352 e. The molecular weight excluding hydrogens is 236 g/mol. The minimum atomic E-state index is -0.0410. The highest BCUT2D eigenvalue weighted by atomic mass is 32.2. The number of amides is 1. The number of hydrogen-bond acceptors (Lipinski definition) is 4. The van der Waals surface area contributed by atoms with Gasteiger partial charge in [-0.1, -0.05) is 23.9 Å². The van der Waals surface area contributed by atoms with Crippen LogP contribution in [0.3, 0.4) is 0 Å². The number of aromatic nitrogens is 3. The predicted octanol–water partition coefficient (Wildman–Crippen LogP) is 1.17. The van der Waals surface area contributed by atoms with Crippen LogP contribution in [0.5, 0.6) is 0 Å². The molecule has 0 aliphatic rings. The Morgan fingerprint density at radius 1 is 1.47 bits per heavy atom. The Balaban J connectivity index is 2.53. The van der Waals surface area contributed by atoms with Crippen LogP contribution in [0, 0.1) is 6.92 Å². The van der Waals surface area contributed by atoms with Crippen LogP contribution in [-0.4, -0.2) is 33.0 Å². The number of rotatable bonds is 7. The molecule has 0 radical (unpaired) electrons. The summed E-state index contributed by atoms with van der Waals surface area (Å²) in [6.45, 7) is 10.2. The van der Waals surface area contributed by atoms with Gasteiger partial charge in [0, 0.05) is 13.1 Å². The fraction of sp³-hybridized carbons (Fsp3) is 0.364. The van der Waals surface area contributed by atoms with Gasteiger partial charge in [0.2, 0.25) is 5.91 Å². The molecule has 0 unspecified atom stereocenters. The number of thioether (sulfide) groups is 1. The standard InChI is InChI=1S/C11H16N4OS/c1-4-6-12-10(16)8-17-11-14-13-9(3)15(11)7-5-2/h4-5H,1-2,6-8H2,3H3,(H,12,16). The highest BCUT2D eigenvalue weighted by Crippen LogP contribution is 2.16. The van der Waals surface area contributed by atoms with E-state index < -0.39 is 0 Å². The summed E-state index contributed by atoms with van der Waals surface area (Å²) in [5.74, 6) is 1.10. The molecule has 5 nitrogen and oxygen atoms in total. The second kappa shape index (κ2) is 6.90. The van der Waals surface area contributed by atoms with Gasteiger partial charge in [-0.05, 0) is 6.92 Å². The largest absolute Gasteiger partial charge is 0.352 e. The van der Waals surface area contributed by atoms with Crippen LogP contribution in [0.1, 0.15) is 5.82 Å². The number of carbonyl (C=O) groups is 1. The zero-order valence-corrected chi connectivity index (χ0v) is 10.7. The molecule has 1 rings (SSSR count). The topological polar surface area (TPSA) is 59.8 Å². The van der Waals surface area contributed by atoms with Crippen LogP contribution in [-0.2, 0) is 11.3 Å². The van der Waals surface area contributed by atoms with Gasteiger partial charge < -0.3 is 9.88 Å². The van der Waals surface area contributed by atoms with Crippen LogP contribution >= 0.6 is 11.8 Å². The molecule has 17 heavy (non-hydrogen) atoms. The van der Waals surface area contributed by atoms with Crippen molar-refractivity contribution in [2.75, 3.05) is 12.3 Å². The Bertz CT molecular complexity index is 414. The lowest BCUT2D eigenvalue weighted by molar-refractivity contribution is -0.118. The Hall–Kier alpha value is -1.56. The van der Waals surface area contributed by atoms with Crippen LogP contribution < -0.4 is 5.32 Å². The molecule has 0 bridgehead atoms. The molecule has 6 heteroatoms. The highest BCUT2D eigenvalue weighted by molar-refractivity contribution is 7.99. The van der Waals surface area contributed by atoms with Gasteiger partial charge in [0.25, 0.3) is 0 Å². The van der Waals surface area contributed by atoms with Gasteiger partial charge in [-0.2, -0.15) is 0 Å². The molecule has 0 aliphatic carbocycles. The fourth-order valence-electron chi connectivity index (χ4n) is 1.17. The highest BCUT2D eigenvalue weighted by Gasteiger charge is 2.10. The van der Waals surface area contributed by atoms with E-state index in [4.69, 9.17) is 0 Å². The van der Waals surface area contributed by atoms with Crippen molar-refractivity contribution < 1.29 is 4.79 Å². The van der Waals surface area contributed by atoms with Crippen molar-refractivity contribution in [1.29, 1.82) is 0 Å². The first-order valence-corrected chi connectivity index (χ1v) is 6.18. The summed E-state index contributed by atoms with van der Waals surface area (Å²) < 4.78 is 1.92. The maximum absolute atomic E-state index is 11.4. The van der Waals surface area contributed by atoms with E-state index >= 15 is 0 Å². The van der Waals surface area contributed by atoms with Gasteiger partial charge in [0.05, 0.1) is 5.75 Å². The summed E-state index contributed by atoms with van der Waals surface area (Å²) in [5, 5.41) is 11.4. The van der Waals surface area contributed by atoms with Gasteiger partial charge in [0.15, 0.2) is 5.16 Å². The van der Waals surface area contributed by atoms with E-state index in [1.807, 2.05) is 11.5 Å². The van der Waals surface area contributed by atoms with Gasteiger partial charge in [-0.3, -0.25) is 4.79 Å². The molecule has 1 amide bonds. The molecule has 1 heterocycles. The molecule has 0 aliphatic heterocycles. The third-order valence-electron chi connectivity index (χ3n) is 1.99. The molecule has 0 atom stereocenters. The molecule has 0 saturated heterocycles. The molecule has 0 aromatic carbocycles. The Morgan fingerprint density at radius 3 is 2.88 bits per heavy atom. The first kappa shape index (κ1) is 13.5. The van der Waals surface area contributed by atoms with Gasteiger partial charge >= 0.3 is 0 Å². The van der Waals surface area contributed by atoms with E-state index in [9.17, 15) is 4.79 Å². The van der Waals surface area contributed by atoms with E-state index in [2.05, 4.69) is 28.7 Å². The molecule has 1 aromatic heterocycles. The first-order chi connectivity index (χ1) is 8.19. The number of hydrogen-bond donors (Lipinski definition) is 1. The maximum Gasteiger partial charge on any atom is 0.230 e. The second-order valence-corrected chi connectivity index (χ2v) is 4.25. The lowest BCUT2D eigenvalue weighted by Crippen LogP contribution is -2.25. The summed E-state index contributed by atoms with van der Waals surface area (Å²) >= 11 is 1.36. The number of nitrogens with one attached hydrogen (secondary N) is 1. The Kier molecular flexibility index (Phi) is 5.48. The average Bonchev–Trinajstić information content (AvgIpc) is 2.66. The van der Waals surface area contributed by atoms with E-state index in [1.165, 1.54) is 11.8 Å². The van der Waals surface area contributed by atoms with Crippen molar-refractivity contribution in [2.24, 2.45) is 0 Å². The number of aryl methyl sites for hydroxylation is 1. The summed E-state index contributed by atoms with van der Waals surface area (Å²) in [7, 11) is 0. The van der Waals surface area contributed by atoms with E-state index in [0.29, 0.717) is 18.8 Å². The predicted molar refractivity (Wildman–Crippen MR) is 68.9 cm³/mol. The number of allylic oxidation sites excluding steroid dienone is 1. The van der Waals surface area contributed by atoms with E-state index in [-0.39, 0.29) is 5.91 Å². The third kappa shape index (κ3) is 4.07. The van der Waals surface area contributed by atoms with Crippen LogP contribution in [0.25, 0.3) is 0 Å². The molecule has 0 spiro atoms. The lowest BCUT2D eigenvalue weighted by atomic mass is 10.6. The van der Waals surface area contributed by atoms with Gasteiger partial charge in [0.1, 0.15) is 5.82 Å². The van der Waals surface area contributed by atoms with Crippen molar-refractivity contribution in [3.63, 3.8) is 0 Å². The van der Waals surface area contributed by atoms with Crippen molar-refractivity contribution in [2.45, 2.75) is 18.6 Å². The monoisotopic (exact) mass is 252 g/mol. The Labute approximate surface area is 105 Å². The van der Waals surface area contributed by atoms with Crippen LogP contribution in [0.15, 0.2) is 30.5 Å².